The molecule has 124 valence electrons. The van der Waals surface area contributed by atoms with Crippen molar-refractivity contribution in [2.45, 2.75) is 33.6 Å². The Labute approximate surface area is 125 Å². The monoisotopic (exact) mass is 293 g/mol. The zero-order valence-corrected chi connectivity index (χ0v) is 13.9. The van der Waals surface area contributed by atoms with Crippen LogP contribution in [0.15, 0.2) is 0 Å². The molecule has 0 rings (SSSR count). The fourth-order valence-electron chi connectivity index (χ4n) is 1.18. The van der Waals surface area contributed by atoms with E-state index in [4.69, 9.17) is 18.9 Å². The third kappa shape index (κ3) is 22.9. The zero-order chi connectivity index (χ0) is 15.3. The van der Waals surface area contributed by atoms with Gasteiger partial charge in [0.15, 0.2) is 0 Å². The van der Waals surface area contributed by atoms with Crippen LogP contribution in [-0.4, -0.2) is 66.4 Å². The van der Waals surface area contributed by atoms with Crippen LogP contribution in [0.2, 0.25) is 0 Å². The van der Waals surface area contributed by atoms with Crippen molar-refractivity contribution < 1.29 is 18.9 Å². The van der Waals surface area contributed by atoms with Gasteiger partial charge in [0.25, 0.3) is 0 Å². The van der Waals surface area contributed by atoms with Gasteiger partial charge >= 0.3 is 0 Å². The smallest absolute Gasteiger partial charge is 0.0701 e. The van der Waals surface area contributed by atoms with Crippen LogP contribution in [0.1, 0.15) is 33.6 Å². The van der Waals surface area contributed by atoms with Gasteiger partial charge in [0, 0.05) is 13.2 Å². The molecule has 0 bridgehead atoms. The molecule has 0 aliphatic heterocycles. The Hall–Kier alpha value is -0.200. The van der Waals surface area contributed by atoms with Crippen LogP contribution >= 0.6 is 0 Å². The molecule has 5 heteroatoms. The molecular formula is C15H35NO4. The Bertz CT molecular complexity index is 132. The van der Waals surface area contributed by atoms with Gasteiger partial charge in [-0.1, -0.05) is 27.2 Å². The predicted octanol–water partition coefficient (Wildman–Crippen LogP) is 2.10. The number of hydrogen-bond donors (Lipinski definition) is 1. The number of nitrogens with one attached hydrogen (secondary N) is 1. The number of likely N-dealkylation sites (N-methyl/N-ethyl adjacent to an activating group) is 1. The van der Waals surface area contributed by atoms with Crippen molar-refractivity contribution in [2.75, 3.05) is 66.4 Å². The number of unbranched alkanes of at least 4 members (excludes halogenated alkanes) is 1. The van der Waals surface area contributed by atoms with Gasteiger partial charge in [0.05, 0.1) is 46.2 Å². The summed E-state index contributed by atoms with van der Waals surface area (Å²) < 4.78 is 21.4. The summed E-state index contributed by atoms with van der Waals surface area (Å²) in [4.78, 5) is 0. The summed E-state index contributed by atoms with van der Waals surface area (Å²) in [5.74, 6) is 0. The first-order chi connectivity index (χ1) is 9.91. The Morgan fingerprint density at radius 1 is 0.650 bits per heavy atom. The lowest BCUT2D eigenvalue weighted by molar-refractivity contribution is -0.00159. The highest BCUT2D eigenvalue weighted by Crippen LogP contribution is 1.88. The molecule has 0 fully saturated rings. The molecule has 1 N–H and O–H groups in total. The third-order valence-electron chi connectivity index (χ3n) is 2.25. The average Bonchev–Trinajstić information content (AvgIpc) is 2.50. The molecule has 0 aromatic carbocycles. The third-order valence-corrected chi connectivity index (χ3v) is 2.25. The summed E-state index contributed by atoms with van der Waals surface area (Å²) in [6, 6.07) is 0. The predicted molar refractivity (Wildman–Crippen MR) is 83.5 cm³/mol. The molecule has 0 amide bonds. The van der Waals surface area contributed by atoms with E-state index in [0.29, 0.717) is 39.6 Å². The second-order valence-electron chi connectivity index (χ2n) is 3.91. The van der Waals surface area contributed by atoms with Crippen LogP contribution in [-0.2, 0) is 18.9 Å². The normalized spacial score (nSPS) is 10.2. The summed E-state index contributed by atoms with van der Waals surface area (Å²) in [6.45, 7) is 12.4. The summed E-state index contributed by atoms with van der Waals surface area (Å²) >= 11 is 0. The first kappa shape index (κ1) is 22.1. The van der Waals surface area contributed by atoms with E-state index in [1.807, 2.05) is 20.9 Å². The molecule has 0 aliphatic rings. The quantitative estimate of drug-likeness (QED) is 0.469. The standard InChI is InChI=1S/C13H29NO4.C2H6/c1-3-4-6-15-8-10-17-12-13-18-11-9-16-7-5-14-2;1-2/h14H,3-13H2,1-2H3;1-2H3. The van der Waals surface area contributed by atoms with Gasteiger partial charge in [-0.15, -0.1) is 0 Å². The number of rotatable bonds is 15. The van der Waals surface area contributed by atoms with Crippen molar-refractivity contribution >= 4 is 0 Å². The minimum absolute atomic E-state index is 0.615. The average molecular weight is 293 g/mol. The second-order valence-corrected chi connectivity index (χ2v) is 3.91. The van der Waals surface area contributed by atoms with Gasteiger partial charge in [-0.3, -0.25) is 0 Å². The van der Waals surface area contributed by atoms with Crippen molar-refractivity contribution in [3.63, 3.8) is 0 Å². The summed E-state index contributed by atoms with van der Waals surface area (Å²) in [5, 5.41) is 3.01. The van der Waals surface area contributed by atoms with E-state index < -0.39 is 0 Å². The zero-order valence-electron chi connectivity index (χ0n) is 13.9. The topological polar surface area (TPSA) is 49.0 Å². The van der Waals surface area contributed by atoms with Gasteiger partial charge in [0.2, 0.25) is 0 Å². The van der Waals surface area contributed by atoms with Crippen molar-refractivity contribution in [1.29, 1.82) is 0 Å². The van der Waals surface area contributed by atoms with E-state index in [1.165, 1.54) is 6.42 Å². The van der Waals surface area contributed by atoms with Crippen LogP contribution in [0.4, 0.5) is 0 Å². The van der Waals surface area contributed by atoms with Crippen LogP contribution in [0.5, 0.6) is 0 Å². The molecule has 20 heavy (non-hydrogen) atoms. The van der Waals surface area contributed by atoms with Gasteiger partial charge in [-0.25, -0.2) is 0 Å². The second kappa shape index (κ2) is 23.9. The molecule has 0 aromatic rings. The van der Waals surface area contributed by atoms with Crippen LogP contribution in [0.3, 0.4) is 0 Å². The minimum atomic E-state index is 0.615. The van der Waals surface area contributed by atoms with Crippen LogP contribution in [0.25, 0.3) is 0 Å². The summed E-state index contributed by atoms with van der Waals surface area (Å²) in [7, 11) is 1.91. The lowest BCUT2D eigenvalue weighted by Crippen LogP contribution is -2.17. The van der Waals surface area contributed by atoms with Crippen LogP contribution in [0, 0.1) is 0 Å². The van der Waals surface area contributed by atoms with Crippen molar-refractivity contribution in [3.05, 3.63) is 0 Å². The maximum atomic E-state index is 5.36. The van der Waals surface area contributed by atoms with Gasteiger partial charge < -0.3 is 24.3 Å². The molecule has 0 saturated heterocycles. The minimum Gasteiger partial charge on any atom is -0.379 e. The molecule has 0 heterocycles. The van der Waals surface area contributed by atoms with Gasteiger partial charge in [0.1, 0.15) is 0 Å². The van der Waals surface area contributed by atoms with Gasteiger partial charge in [-0.2, -0.15) is 0 Å². The maximum absolute atomic E-state index is 5.36. The summed E-state index contributed by atoms with van der Waals surface area (Å²) in [5.41, 5.74) is 0. The van der Waals surface area contributed by atoms with Crippen molar-refractivity contribution in [3.8, 4) is 0 Å². The van der Waals surface area contributed by atoms with Crippen molar-refractivity contribution in [2.24, 2.45) is 0 Å². The lowest BCUT2D eigenvalue weighted by Gasteiger charge is -2.07. The first-order valence-electron chi connectivity index (χ1n) is 7.87. The SMILES string of the molecule is CC.CCCCOCCOCCOCCOCCNC. The highest BCUT2D eigenvalue weighted by Gasteiger charge is 1.92. The molecule has 0 unspecified atom stereocenters. The van der Waals surface area contributed by atoms with E-state index in [0.717, 1.165) is 26.2 Å². The van der Waals surface area contributed by atoms with E-state index >= 15 is 0 Å². The van der Waals surface area contributed by atoms with E-state index in [-0.39, 0.29) is 0 Å². The van der Waals surface area contributed by atoms with E-state index in [2.05, 4.69) is 12.2 Å². The Morgan fingerprint density at radius 3 is 1.45 bits per heavy atom. The lowest BCUT2D eigenvalue weighted by atomic mass is 10.4. The Balaban J connectivity index is 0. The fourth-order valence-corrected chi connectivity index (χ4v) is 1.18. The summed E-state index contributed by atoms with van der Waals surface area (Å²) in [6.07, 6.45) is 2.29. The first-order valence-corrected chi connectivity index (χ1v) is 7.87. The molecule has 0 aromatic heterocycles. The Morgan fingerprint density at radius 2 is 1.05 bits per heavy atom. The molecular weight excluding hydrogens is 258 g/mol. The molecule has 0 spiro atoms. The van der Waals surface area contributed by atoms with Crippen LogP contribution < -0.4 is 5.32 Å². The fraction of sp³-hybridized carbons (Fsp3) is 1.00. The van der Waals surface area contributed by atoms with Crippen molar-refractivity contribution in [1.82, 2.24) is 5.32 Å². The highest BCUT2D eigenvalue weighted by molar-refractivity contribution is 4.37. The van der Waals surface area contributed by atoms with Gasteiger partial charge in [-0.05, 0) is 13.5 Å². The molecule has 0 atom stereocenters. The Kier molecular flexibility index (Phi) is 26.4. The highest BCUT2D eigenvalue weighted by atomic mass is 16.6. The molecule has 0 saturated carbocycles. The number of ether oxygens (including phenoxy) is 4. The molecule has 0 radical (unpaired) electrons. The molecule has 5 nitrogen and oxygen atoms in total. The molecule has 0 aliphatic carbocycles. The van der Waals surface area contributed by atoms with E-state index in [9.17, 15) is 0 Å². The largest absolute Gasteiger partial charge is 0.379 e. The van der Waals surface area contributed by atoms with E-state index in [1.54, 1.807) is 0 Å². The number of hydrogen-bond acceptors (Lipinski definition) is 5. The maximum Gasteiger partial charge on any atom is 0.0701 e.